The molecule has 0 atom stereocenters. The zero-order chi connectivity index (χ0) is 11.0. The van der Waals surface area contributed by atoms with Crippen LogP contribution in [0.1, 0.15) is 11.1 Å². The van der Waals surface area contributed by atoms with Crippen molar-refractivity contribution in [3.63, 3.8) is 0 Å². The molecule has 0 bridgehead atoms. The first-order valence-corrected chi connectivity index (χ1v) is 4.61. The summed E-state index contributed by atoms with van der Waals surface area (Å²) in [6.07, 6.45) is 0. The molecular formula is C11H12N2O2. The first-order valence-electron chi connectivity index (χ1n) is 4.61. The predicted molar refractivity (Wildman–Crippen MR) is 57.5 cm³/mol. The lowest BCUT2D eigenvalue weighted by atomic mass is 10.0. The number of nitrogens with zero attached hydrogens (tertiary/aromatic N) is 1. The van der Waals surface area contributed by atoms with E-state index in [-0.39, 0.29) is 11.6 Å². The largest absolute Gasteiger partial charge is 0.507 e. The number of nitrogens with two attached hydrogens (primary N) is 1. The van der Waals surface area contributed by atoms with E-state index in [0.717, 1.165) is 11.1 Å². The Balaban J connectivity index is 2.59. The molecule has 0 aliphatic carbocycles. The fourth-order valence-corrected chi connectivity index (χ4v) is 1.42. The lowest BCUT2D eigenvalue weighted by Gasteiger charge is -2.06. The highest BCUT2D eigenvalue weighted by Crippen LogP contribution is 2.33. The third-order valence-corrected chi connectivity index (χ3v) is 2.51. The van der Waals surface area contributed by atoms with Crippen molar-refractivity contribution < 1.29 is 9.63 Å². The van der Waals surface area contributed by atoms with Crippen LogP contribution in [0.5, 0.6) is 5.75 Å². The summed E-state index contributed by atoms with van der Waals surface area (Å²) in [4.78, 5) is 0. The van der Waals surface area contributed by atoms with Gasteiger partial charge in [0.15, 0.2) is 0 Å². The normalized spacial score (nSPS) is 10.5. The molecule has 0 saturated heterocycles. The summed E-state index contributed by atoms with van der Waals surface area (Å²) in [6.45, 7) is 3.80. The lowest BCUT2D eigenvalue weighted by molar-refractivity contribution is 0.437. The first kappa shape index (κ1) is 9.58. The van der Waals surface area contributed by atoms with Crippen LogP contribution in [0.25, 0.3) is 11.3 Å². The van der Waals surface area contributed by atoms with Crippen molar-refractivity contribution in [1.82, 2.24) is 5.16 Å². The Morgan fingerprint density at radius 2 is 2.07 bits per heavy atom. The standard InChI is InChI=1S/C11H12N2O2/c1-6-3-4-8(11(14)7(6)2)9-5-10(12)15-13-9/h3-5,14H,12H2,1-2H3. The highest BCUT2D eigenvalue weighted by Gasteiger charge is 2.11. The van der Waals surface area contributed by atoms with Crippen LogP contribution in [0.2, 0.25) is 0 Å². The zero-order valence-corrected chi connectivity index (χ0v) is 8.61. The Kier molecular flexibility index (Phi) is 2.11. The highest BCUT2D eigenvalue weighted by molar-refractivity contribution is 5.70. The molecule has 1 aromatic carbocycles. The van der Waals surface area contributed by atoms with E-state index in [1.54, 1.807) is 12.1 Å². The Morgan fingerprint density at radius 1 is 1.33 bits per heavy atom. The Hall–Kier alpha value is -1.97. The highest BCUT2D eigenvalue weighted by atomic mass is 16.5. The summed E-state index contributed by atoms with van der Waals surface area (Å²) in [5, 5.41) is 13.7. The number of phenols is 1. The molecule has 1 aromatic heterocycles. The summed E-state index contributed by atoms with van der Waals surface area (Å²) in [6, 6.07) is 5.31. The average Bonchev–Trinajstić information content (AvgIpc) is 2.61. The molecule has 15 heavy (non-hydrogen) atoms. The fourth-order valence-electron chi connectivity index (χ4n) is 1.42. The smallest absolute Gasteiger partial charge is 0.222 e. The summed E-state index contributed by atoms with van der Waals surface area (Å²) < 4.78 is 4.76. The van der Waals surface area contributed by atoms with E-state index in [1.807, 2.05) is 19.9 Å². The van der Waals surface area contributed by atoms with Gasteiger partial charge in [-0.2, -0.15) is 0 Å². The summed E-state index contributed by atoms with van der Waals surface area (Å²) in [7, 11) is 0. The Bertz CT molecular complexity index is 503. The van der Waals surface area contributed by atoms with E-state index in [0.29, 0.717) is 11.3 Å². The number of nitrogen functional groups attached to an aromatic ring is 1. The van der Waals surface area contributed by atoms with Crippen LogP contribution in [-0.2, 0) is 0 Å². The van der Waals surface area contributed by atoms with Gasteiger partial charge in [-0.3, -0.25) is 0 Å². The van der Waals surface area contributed by atoms with Gasteiger partial charge < -0.3 is 15.4 Å². The average molecular weight is 204 g/mol. The molecule has 78 valence electrons. The number of phenolic OH excluding ortho intramolecular Hbond substituents is 1. The number of aryl methyl sites for hydroxylation is 1. The predicted octanol–water partition coefficient (Wildman–Crippen LogP) is 2.25. The molecule has 0 fully saturated rings. The summed E-state index contributed by atoms with van der Waals surface area (Å²) in [5.41, 5.74) is 8.49. The van der Waals surface area contributed by atoms with Gasteiger partial charge in [-0.15, -0.1) is 0 Å². The van der Waals surface area contributed by atoms with Gasteiger partial charge in [0.1, 0.15) is 11.4 Å². The minimum absolute atomic E-state index is 0.225. The molecule has 1 heterocycles. The lowest BCUT2D eigenvalue weighted by Crippen LogP contribution is -1.86. The Labute approximate surface area is 87.3 Å². The number of hydrogen-bond acceptors (Lipinski definition) is 4. The van der Waals surface area contributed by atoms with Crippen LogP contribution in [0, 0.1) is 13.8 Å². The van der Waals surface area contributed by atoms with Gasteiger partial charge in [0, 0.05) is 11.6 Å². The second-order valence-corrected chi connectivity index (χ2v) is 3.52. The van der Waals surface area contributed by atoms with Crippen molar-refractivity contribution in [3.05, 3.63) is 29.3 Å². The molecule has 0 aliphatic rings. The number of aromatic hydroxyl groups is 1. The van der Waals surface area contributed by atoms with Crippen LogP contribution < -0.4 is 5.73 Å². The van der Waals surface area contributed by atoms with Crippen LogP contribution in [0.3, 0.4) is 0 Å². The summed E-state index contributed by atoms with van der Waals surface area (Å²) >= 11 is 0. The molecule has 4 heteroatoms. The van der Waals surface area contributed by atoms with E-state index >= 15 is 0 Å². The minimum atomic E-state index is 0.225. The van der Waals surface area contributed by atoms with Crippen molar-refractivity contribution in [2.75, 3.05) is 5.73 Å². The van der Waals surface area contributed by atoms with Gasteiger partial charge in [0.05, 0.1) is 0 Å². The molecule has 0 radical (unpaired) electrons. The van der Waals surface area contributed by atoms with E-state index in [1.165, 1.54) is 0 Å². The van der Waals surface area contributed by atoms with Gasteiger partial charge in [0.25, 0.3) is 0 Å². The first-order chi connectivity index (χ1) is 7.09. The second kappa shape index (κ2) is 3.31. The maximum Gasteiger partial charge on any atom is 0.222 e. The van der Waals surface area contributed by atoms with Crippen molar-refractivity contribution in [2.45, 2.75) is 13.8 Å². The van der Waals surface area contributed by atoms with Crippen LogP contribution in [0.15, 0.2) is 22.7 Å². The van der Waals surface area contributed by atoms with Crippen molar-refractivity contribution in [2.24, 2.45) is 0 Å². The third-order valence-electron chi connectivity index (χ3n) is 2.51. The summed E-state index contributed by atoms with van der Waals surface area (Å²) in [5.74, 6) is 0.464. The monoisotopic (exact) mass is 204 g/mol. The maximum atomic E-state index is 9.92. The minimum Gasteiger partial charge on any atom is -0.507 e. The quantitative estimate of drug-likeness (QED) is 0.747. The number of rotatable bonds is 1. The van der Waals surface area contributed by atoms with Crippen LogP contribution in [-0.4, -0.2) is 10.3 Å². The number of aromatic nitrogens is 1. The maximum absolute atomic E-state index is 9.92. The van der Waals surface area contributed by atoms with Gasteiger partial charge in [0.2, 0.25) is 5.88 Å². The topological polar surface area (TPSA) is 72.3 Å². The van der Waals surface area contributed by atoms with E-state index < -0.39 is 0 Å². The molecule has 0 amide bonds. The van der Waals surface area contributed by atoms with E-state index in [2.05, 4.69) is 5.16 Å². The molecule has 0 saturated carbocycles. The van der Waals surface area contributed by atoms with Gasteiger partial charge >= 0.3 is 0 Å². The second-order valence-electron chi connectivity index (χ2n) is 3.52. The molecule has 3 N–H and O–H groups in total. The van der Waals surface area contributed by atoms with E-state index in [9.17, 15) is 5.11 Å². The molecule has 4 nitrogen and oxygen atoms in total. The van der Waals surface area contributed by atoms with Gasteiger partial charge in [-0.05, 0) is 31.0 Å². The molecule has 0 aliphatic heterocycles. The molecular weight excluding hydrogens is 192 g/mol. The van der Waals surface area contributed by atoms with Gasteiger partial charge in [-0.1, -0.05) is 11.2 Å². The molecule has 0 spiro atoms. The Morgan fingerprint density at radius 3 is 2.67 bits per heavy atom. The SMILES string of the molecule is Cc1ccc(-c2cc(N)on2)c(O)c1C. The van der Waals surface area contributed by atoms with Crippen molar-refractivity contribution >= 4 is 5.88 Å². The third kappa shape index (κ3) is 1.54. The van der Waals surface area contributed by atoms with Crippen molar-refractivity contribution in [3.8, 4) is 17.0 Å². The van der Waals surface area contributed by atoms with Crippen LogP contribution in [0.4, 0.5) is 5.88 Å². The van der Waals surface area contributed by atoms with Gasteiger partial charge in [-0.25, -0.2) is 0 Å². The van der Waals surface area contributed by atoms with Crippen molar-refractivity contribution in [1.29, 1.82) is 0 Å². The zero-order valence-electron chi connectivity index (χ0n) is 8.61. The number of anilines is 1. The fraction of sp³-hybridized carbons (Fsp3) is 0.182. The van der Waals surface area contributed by atoms with Crippen LogP contribution >= 0.6 is 0 Å². The molecule has 2 rings (SSSR count). The number of benzene rings is 1. The molecule has 0 unspecified atom stereocenters. The molecule has 2 aromatic rings. The number of hydrogen-bond donors (Lipinski definition) is 2. The van der Waals surface area contributed by atoms with E-state index in [4.69, 9.17) is 10.3 Å².